The third-order valence-corrected chi connectivity index (χ3v) is 5.57. The summed E-state index contributed by atoms with van der Waals surface area (Å²) < 4.78 is 5.16. The molecule has 1 heterocycles. The van der Waals surface area contributed by atoms with Crippen molar-refractivity contribution in [2.75, 3.05) is 35.7 Å². The van der Waals surface area contributed by atoms with E-state index in [1.807, 2.05) is 30.3 Å². The number of methoxy groups -OCH3 is 1. The number of benzene rings is 3. The third-order valence-electron chi connectivity index (χ3n) is 5.57. The smallest absolute Gasteiger partial charge is 0.324 e. The molecule has 3 aromatic carbocycles. The Morgan fingerprint density at radius 1 is 1.00 bits per heavy atom. The van der Waals surface area contributed by atoms with Crippen LogP contribution in [0, 0.1) is 11.3 Å². The first kappa shape index (κ1) is 22.7. The van der Waals surface area contributed by atoms with E-state index in [4.69, 9.17) is 4.74 Å². The van der Waals surface area contributed by atoms with E-state index in [0.29, 0.717) is 42.3 Å². The van der Waals surface area contributed by atoms with E-state index in [-0.39, 0.29) is 12.1 Å². The van der Waals surface area contributed by atoms with Gasteiger partial charge in [-0.25, -0.2) is 9.59 Å². The van der Waals surface area contributed by atoms with Gasteiger partial charge in [0.2, 0.25) is 0 Å². The van der Waals surface area contributed by atoms with Gasteiger partial charge in [0, 0.05) is 42.8 Å². The fourth-order valence-electron chi connectivity index (χ4n) is 3.86. The van der Waals surface area contributed by atoms with Crippen LogP contribution in [0.2, 0.25) is 0 Å². The summed E-state index contributed by atoms with van der Waals surface area (Å²) in [6, 6.07) is 23.3. The number of anilines is 3. The van der Waals surface area contributed by atoms with Gasteiger partial charge in [-0.2, -0.15) is 5.26 Å². The van der Waals surface area contributed by atoms with Crippen LogP contribution in [-0.2, 0) is 6.54 Å². The molecule has 8 nitrogen and oxygen atoms in total. The number of hydrogen-bond acceptors (Lipinski definition) is 4. The SMILES string of the molecule is COc1cccc(NC(=O)Nc2ccc(N3CCCN(Cc4ccccc4C#N)C3=O)cc2)c1. The summed E-state index contributed by atoms with van der Waals surface area (Å²) >= 11 is 0. The number of rotatable bonds is 6. The largest absolute Gasteiger partial charge is 0.497 e. The number of carbonyl (C=O) groups is 2. The van der Waals surface area contributed by atoms with E-state index >= 15 is 0 Å². The summed E-state index contributed by atoms with van der Waals surface area (Å²) in [5.41, 5.74) is 3.39. The van der Waals surface area contributed by atoms with E-state index in [1.54, 1.807) is 59.4 Å². The second-order valence-corrected chi connectivity index (χ2v) is 7.84. The summed E-state index contributed by atoms with van der Waals surface area (Å²) in [6.07, 6.45) is 0.823. The zero-order chi connectivity index (χ0) is 23.9. The molecule has 172 valence electrons. The van der Waals surface area contributed by atoms with Gasteiger partial charge in [-0.3, -0.25) is 4.90 Å². The highest BCUT2D eigenvalue weighted by molar-refractivity contribution is 6.00. The van der Waals surface area contributed by atoms with Gasteiger partial charge in [-0.05, 0) is 54.4 Å². The molecule has 0 atom stereocenters. The van der Waals surface area contributed by atoms with Gasteiger partial charge >= 0.3 is 12.1 Å². The maximum atomic E-state index is 13.1. The zero-order valence-corrected chi connectivity index (χ0v) is 18.8. The van der Waals surface area contributed by atoms with Crippen molar-refractivity contribution in [2.45, 2.75) is 13.0 Å². The average molecular weight is 456 g/mol. The first-order valence-corrected chi connectivity index (χ1v) is 10.9. The highest BCUT2D eigenvalue weighted by Crippen LogP contribution is 2.24. The van der Waals surface area contributed by atoms with E-state index in [1.165, 1.54) is 0 Å². The number of urea groups is 2. The average Bonchev–Trinajstić information content (AvgIpc) is 2.86. The predicted molar refractivity (Wildman–Crippen MR) is 131 cm³/mol. The maximum absolute atomic E-state index is 13.1. The molecule has 1 fully saturated rings. The Kier molecular flexibility index (Phi) is 6.94. The van der Waals surface area contributed by atoms with E-state index in [2.05, 4.69) is 16.7 Å². The first-order chi connectivity index (χ1) is 16.6. The molecule has 0 aliphatic carbocycles. The predicted octanol–water partition coefficient (Wildman–Crippen LogP) is 5.04. The molecule has 3 aromatic rings. The van der Waals surface area contributed by atoms with Gasteiger partial charge in [0.25, 0.3) is 0 Å². The van der Waals surface area contributed by atoms with E-state index < -0.39 is 0 Å². The number of nitriles is 1. The van der Waals surface area contributed by atoms with Crippen molar-refractivity contribution in [3.63, 3.8) is 0 Å². The van der Waals surface area contributed by atoms with Crippen LogP contribution >= 0.6 is 0 Å². The van der Waals surface area contributed by atoms with Crippen LogP contribution in [0.3, 0.4) is 0 Å². The molecule has 2 N–H and O–H groups in total. The van der Waals surface area contributed by atoms with E-state index in [9.17, 15) is 14.9 Å². The molecule has 4 rings (SSSR count). The van der Waals surface area contributed by atoms with Crippen LogP contribution in [0.1, 0.15) is 17.5 Å². The second-order valence-electron chi connectivity index (χ2n) is 7.84. The molecule has 1 saturated heterocycles. The van der Waals surface area contributed by atoms with E-state index in [0.717, 1.165) is 17.7 Å². The van der Waals surface area contributed by atoms with Crippen LogP contribution in [0.4, 0.5) is 26.7 Å². The minimum absolute atomic E-state index is 0.101. The molecule has 34 heavy (non-hydrogen) atoms. The Bertz CT molecular complexity index is 1220. The highest BCUT2D eigenvalue weighted by atomic mass is 16.5. The van der Waals surface area contributed by atoms with Gasteiger partial charge < -0.3 is 20.3 Å². The van der Waals surface area contributed by atoms with Crippen LogP contribution in [0.5, 0.6) is 5.75 Å². The number of nitrogens with zero attached hydrogens (tertiary/aromatic N) is 3. The molecule has 0 aromatic heterocycles. The fourth-order valence-corrected chi connectivity index (χ4v) is 3.86. The highest BCUT2D eigenvalue weighted by Gasteiger charge is 2.27. The number of amides is 4. The molecule has 0 spiro atoms. The summed E-state index contributed by atoms with van der Waals surface area (Å²) in [5.74, 6) is 0.651. The monoisotopic (exact) mass is 455 g/mol. The Hall–Kier alpha value is -4.51. The summed E-state index contributed by atoms with van der Waals surface area (Å²) in [4.78, 5) is 28.9. The number of ether oxygens (including phenoxy) is 1. The number of nitrogens with one attached hydrogen (secondary N) is 2. The van der Waals surface area contributed by atoms with Crippen LogP contribution < -0.4 is 20.3 Å². The lowest BCUT2D eigenvalue weighted by Crippen LogP contribution is -2.49. The minimum atomic E-state index is -0.377. The molecule has 0 radical (unpaired) electrons. The quantitative estimate of drug-likeness (QED) is 0.544. The molecule has 4 amide bonds. The standard InChI is InChI=1S/C26H25N5O3/c1-34-24-9-4-8-22(16-24)29-25(32)28-21-10-12-23(13-11-21)31-15-5-14-30(26(31)33)18-20-7-3-2-6-19(20)17-27/h2-4,6-13,16H,5,14-15,18H2,1H3,(H2,28,29,32). The van der Waals surface area contributed by atoms with Crippen molar-refractivity contribution in [3.05, 3.63) is 83.9 Å². The zero-order valence-electron chi connectivity index (χ0n) is 18.8. The van der Waals surface area contributed by atoms with Crippen LogP contribution in [0.15, 0.2) is 72.8 Å². The van der Waals surface area contributed by atoms with Crippen molar-refractivity contribution < 1.29 is 14.3 Å². The van der Waals surface area contributed by atoms with Gasteiger partial charge in [-0.15, -0.1) is 0 Å². The summed E-state index contributed by atoms with van der Waals surface area (Å²) in [7, 11) is 1.57. The van der Waals surface area contributed by atoms with Gasteiger partial charge in [0.1, 0.15) is 5.75 Å². The Labute approximate surface area is 198 Å². The summed E-state index contributed by atoms with van der Waals surface area (Å²) in [6.45, 7) is 1.64. The van der Waals surface area contributed by atoms with Crippen LogP contribution in [-0.4, -0.2) is 37.2 Å². The third kappa shape index (κ3) is 5.27. The van der Waals surface area contributed by atoms with Crippen molar-refractivity contribution in [1.29, 1.82) is 5.26 Å². The molecule has 0 saturated carbocycles. The molecule has 0 bridgehead atoms. The van der Waals surface area contributed by atoms with Gasteiger partial charge in [-0.1, -0.05) is 24.3 Å². The van der Waals surface area contributed by atoms with Crippen molar-refractivity contribution in [3.8, 4) is 11.8 Å². The maximum Gasteiger partial charge on any atom is 0.324 e. The van der Waals surface area contributed by atoms with Gasteiger partial charge in [0.05, 0.1) is 18.7 Å². The topological polar surface area (TPSA) is 97.7 Å². The molecule has 1 aliphatic heterocycles. The fraction of sp³-hybridized carbons (Fsp3) is 0.192. The van der Waals surface area contributed by atoms with Crippen molar-refractivity contribution >= 4 is 29.1 Å². The second kappa shape index (κ2) is 10.4. The lowest BCUT2D eigenvalue weighted by molar-refractivity contribution is 0.192. The Balaban J connectivity index is 1.39. The number of carbonyl (C=O) groups excluding carboxylic acids is 2. The van der Waals surface area contributed by atoms with Gasteiger partial charge in [0.15, 0.2) is 0 Å². The lowest BCUT2D eigenvalue weighted by atomic mass is 10.1. The molecule has 8 heteroatoms. The molecule has 0 unspecified atom stereocenters. The normalized spacial score (nSPS) is 13.2. The van der Waals surface area contributed by atoms with Crippen LogP contribution in [0.25, 0.3) is 0 Å². The lowest BCUT2D eigenvalue weighted by Gasteiger charge is -2.36. The first-order valence-electron chi connectivity index (χ1n) is 10.9. The molecular weight excluding hydrogens is 430 g/mol. The molecule has 1 aliphatic rings. The van der Waals surface area contributed by atoms with Crippen molar-refractivity contribution in [1.82, 2.24) is 4.90 Å². The Morgan fingerprint density at radius 3 is 2.53 bits per heavy atom. The Morgan fingerprint density at radius 2 is 1.76 bits per heavy atom. The van der Waals surface area contributed by atoms with Crippen molar-refractivity contribution in [2.24, 2.45) is 0 Å². The minimum Gasteiger partial charge on any atom is -0.497 e. The summed E-state index contributed by atoms with van der Waals surface area (Å²) in [5, 5.41) is 14.9. The number of hydrogen-bond donors (Lipinski definition) is 2. The molecular formula is C26H25N5O3.